The highest BCUT2D eigenvalue weighted by molar-refractivity contribution is 5.24. The molecule has 2 bridgehead atoms. The van der Waals surface area contributed by atoms with Gasteiger partial charge in [-0.2, -0.15) is 0 Å². The number of aliphatic hydroxyl groups is 2. The van der Waals surface area contributed by atoms with E-state index in [-0.39, 0.29) is 17.1 Å². The van der Waals surface area contributed by atoms with Gasteiger partial charge in [0.25, 0.3) is 0 Å². The van der Waals surface area contributed by atoms with Crippen molar-refractivity contribution >= 4 is 0 Å². The van der Waals surface area contributed by atoms with Crippen LogP contribution in [0.4, 0.5) is 0 Å². The van der Waals surface area contributed by atoms with E-state index in [2.05, 4.69) is 15.2 Å². The molecule has 2 N–H and O–H groups in total. The van der Waals surface area contributed by atoms with E-state index in [1.54, 1.807) is 6.92 Å². The molecular weight excluding hydrogens is 284 g/mol. The standard InChI is InChI=1S/C15H24N4O3/c1-10(20)11-4-19(17-16-11)14-6-15(7-14)9-22-5-12(13(2,3)21)18(15)8-14/h4,10,12,20-21H,5-9H2,1-3H3/t10-,12?,14?,15?/m0/s1. The monoisotopic (exact) mass is 308 g/mol. The zero-order chi connectivity index (χ0) is 15.8. The minimum Gasteiger partial charge on any atom is -0.389 e. The summed E-state index contributed by atoms with van der Waals surface area (Å²) in [7, 11) is 0. The summed E-state index contributed by atoms with van der Waals surface area (Å²) >= 11 is 0. The van der Waals surface area contributed by atoms with Crippen molar-refractivity contribution in [1.82, 2.24) is 19.9 Å². The number of rotatable bonds is 3. The quantitative estimate of drug-likeness (QED) is 0.820. The molecule has 122 valence electrons. The number of aromatic nitrogens is 3. The van der Waals surface area contributed by atoms with Crippen molar-refractivity contribution in [1.29, 1.82) is 0 Å². The van der Waals surface area contributed by atoms with Gasteiger partial charge in [-0.3, -0.25) is 4.90 Å². The Balaban J connectivity index is 1.63. The highest BCUT2D eigenvalue weighted by atomic mass is 16.5. The van der Waals surface area contributed by atoms with Crippen molar-refractivity contribution in [3.8, 4) is 0 Å². The van der Waals surface area contributed by atoms with Crippen molar-refractivity contribution in [2.75, 3.05) is 19.8 Å². The van der Waals surface area contributed by atoms with Gasteiger partial charge in [0.05, 0.1) is 42.7 Å². The lowest BCUT2D eigenvalue weighted by Crippen LogP contribution is -2.65. The summed E-state index contributed by atoms with van der Waals surface area (Å²) in [6.07, 6.45) is 3.19. The van der Waals surface area contributed by atoms with Gasteiger partial charge in [-0.1, -0.05) is 5.21 Å². The number of hydrogen-bond acceptors (Lipinski definition) is 6. The van der Waals surface area contributed by atoms with Crippen LogP contribution in [0.5, 0.6) is 0 Å². The molecule has 1 aromatic heterocycles. The van der Waals surface area contributed by atoms with Gasteiger partial charge in [0, 0.05) is 12.1 Å². The summed E-state index contributed by atoms with van der Waals surface area (Å²) in [5, 5.41) is 28.4. The first kappa shape index (κ1) is 14.6. The number of morpholine rings is 1. The average molecular weight is 308 g/mol. The summed E-state index contributed by atoms with van der Waals surface area (Å²) in [5.41, 5.74) is -0.230. The Hall–Kier alpha value is -1.02. The van der Waals surface area contributed by atoms with Gasteiger partial charge in [0.15, 0.2) is 0 Å². The number of nitrogens with zero attached hydrogens (tertiary/aromatic N) is 4. The first-order valence-electron chi connectivity index (χ1n) is 7.94. The smallest absolute Gasteiger partial charge is 0.111 e. The Morgan fingerprint density at radius 2 is 2.14 bits per heavy atom. The van der Waals surface area contributed by atoms with Crippen LogP contribution in [-0.2, 0) is 10.3 Å². The van der Waals surface area contributed by atoms with Crippen LogP contribution in [-0.4, -0.2) is 67.0 Å². The molecule has 4 aliphatic rings. The molecular formula is C15H24N4O3. The summed E-state index contributed by atoms with van der Waals surface area (Å²) in [6, 6.07) is 0.00498. The molecule has 4 fully saturated rings. The minimum absolute atomic E-state index is 0.00498. The molecule has 7 heteroatoms. The van der Waals surface area contributed by atoms with E-state index < -0.39 is 11.7 Å². The minimum atomic E-state index is -0.792. The molecule has 7 nitrogen and oxygen atoms in total. The fraction of sp³-hybridized carbons (Fsp3) is 0.867. The predicted octanol–water partition coefficient (Wildman–Crippen LogP) is 0.0446. The van der Waals surface area contributed by atoms with Crippen molar-refractivity contribution in [2.45, 2.75) is 62.4 Å². The molecule has 22 heavy (non-hydrogen) atoms. The van der Waals surface area contributed by atoms with E-state index in [4.69, 9.17) is 4.74 Å². The highest BCUT2D eigenvalue weighted by Gasteiger charge is 2.70. The van der Waals surface area contributed by atoms with Gasteiger partial charge in [-0.15, -0.1) is 5.10 Å². The topological polar surface area (TPSA) is 83.6 Å². The van der Waals surface area contributed by atoms with E-state index in [9.17, 15) is 10.2 Å². The summed E-state index contributed by atoms with van der Waals surface area (Å²) in [5.74, 6) is 0. The highest BCUT2D eigenvalue weighted by Crippen LogP contribution is 2.60. The van der Waals surface area contributed by atoms with Crippen molar-refractivity contribution in [3.05, 3.63) is 11.9 Å². The Morgan fingerprint density at radius 1 is 1.41 bits per heavy atom. The van der Waals surface area contributed by atoms with E-state index in [1.165, 1.54) is 0 Å². The van der Waals surface area contributed by atoms with Crippen LogP contribution in [0, 0.1) is 0 Å². The maximum Gasteiger partial charge on any atom is 0.111 e. The number of hydrogen-bond donors (Lipinski definition) is 2. The van der Waals surface area contributed by atoms with Crippen molar-refractivity contribution < 1.29 is 14.9 Å². The van der Waals surface area contributed by atoms with Crippen LogP contribution in [0.2, 0.25) is 0 Å². The molecule has 1 aliphatic carbocycles. The average Bonchev–Trinajstić information content (AvgIpc) is 3.06. The molecule has 0 amide bonds. The molecule has 4 heterocycles. The van der Waals surface area contributed by atoms with Crippen LogP contribution >= 0.6 is 0 Å². The molecule has 0 aromatic carbocycles. The Labute approximate surface area is 129 Å². The Bertz CT molecular complexity index is 586. The number of aliphatic hydroxyl groups excluding tert-OH is 1. The second kappa shape index (κ2) is 4.29. The molecule has 1 saturated carbocycles. The van der Waals surface area contributed by atoms with Crippen LogP contribution in [0.3, 0.4) is 0 Å². The lowest BCUT2D eigenvalue weighted by atomic mass is 9.67. The van der Waals surface area contributed by atoms with Gasteiger partial charge >= 0.3 is 0 Å². The van der Waals surface area contributed by atoms with Crippen molar-refractivity contribution in [3.63, 3.8) is 0 Å². The zero-order valence-corrected chi connectivity index (χ0v) is 13.4. The first-order chi connectivity index (χ1) is 10.3. The third kappa shape index (κ3) is 1.83. The second-order valence-corrected chi connectivity index (χ2v) is 7.88. The summed E-state index contributed by atoms with van der Waals surface area (Å²) in [4.78, 5) is 2.42. The van der Waals surface area contributed by atoms with Crippen LogP contribution in [0.25, 0.3) is 0 Å². The van der Waals surface area contributed by atoms with Crippen LogP contribution in [0.1, 0.15) is 45.4 Å². The largest absolute Gasteiger partial charge is 0.389 e. The number of ether oxygens (including phenoxy) is 1. The Kier molecular flexibility index (Phi) is 2.84. The van der Waals surface area contributed by atoms with E-state index in [0.29, 0.717) is 12.3 Å². The third-order valence-corrected chi connectivity index (χ3v) is 5.65. The van der Waals surface area contributed by atoms with Gasteiger partial charge in [-0.05, 0) is 33.6 Å². The maximum absolute atomic E-state index is 10.5. The summed E-state index contributed by atoms with van der Waals surface area (Å²) in [6.45, 7) is 7.54. The van der Waals surface area contributed by atoms with Gasteiger partial charge in [0.2, 0.25) is 0 Å². The molecule has 3 aliphatic heterocycles. The fourth-order valence-electron chi connectivity index (χ4n) is 4.57. The zero-order valence-electron chi connectivity index (χ0n) is 13.4. The molecule has 1 unspecified atom stereocenters. The fourth-order valence-corrected chi connectivity index (χ4v) is 4.57. The normalized spacial score (nSPS) is 39.4. The van der Waals surface area contributed by atoms with Gasteiger partial charge < -0.3 is 14.9 Å². The van der Waals surface area contributed by atoms with E-state index in [1.807, 2.05) is 24.7 Å². The molecule has 1 spiro atoms. The van der Waals surface area contributed by atoms with Gasteiger partial charge in [0.1, 0.15) is 5.69 Å². The second-order valence-electron chi connectivity index (χ2n) is 7.88. The molecule has 1 aromatic rings. The predicted molar refractivity (Wildman–Crippen MR) is 78.2 cm³/mol. The first-order valence-corrected chi connectivity index (χ1v) is 7.94. The SMILES string of the molecule is C[C@H](O)c1cn(C23CN4C(C(C)(C)O)COCC4(C2)C3)nn1. The lowest BCUT2D eigenvalue weighted by molar-refractivity contribution is -0.149. The third-order valence-electron chi connectivity index (χ3n) is 5.65. The lowest BCUT2D eigenvalue weighted by Gasteiger charge is -2.53. The summed E-state index contributed by atoms with van der Waals surface area (Å²) < 4.78 is 7.72. The molecule has 3 saturated heterocycles. The van der Waals surface area contributed by atoms with E-state index in [0.717, 1.165) is 26.0 Å². The van der Waals surface area contributed by atoms with Gasteiger partial charge in [-0.25, -0.2) is 4.68 Å². The molecule has 5 rings (SSSR count). The molecule has 2 atom stereocenters. The van der Waals surface area contributed by atoms with E-state index >= 15 is 0 Å². The molecule has 0 radical (unpaired) electrons. The Morgan fingerprint density at radius 3 is 2.73 bits per heavy atom. The van der Waals surface area contributed by atoms with Crippen LogP contribution < -0.4 is 0 Å². The van der Waals surface area contributed by atoms with Crippen molar-refractivity contribution in [2.24, 2.45) is 0 Å². The van der Waals surface area contributed by atoms with Crippen LogP contribution in [0.15, 0.2) is 6.20 Å². The maximum atomic E-state index is 10.5.